The molecule has 6 heteroatoms. The van der Waals surface area contributed by atoms with Gasteiger partial charge in [0, 0.05) is 6.42 Å². The maximum atomic E-state index is 13.4. The average Bonchev–Trinajstić information content (AvgIpc) is 2.53. The predicted octanol–water partition coefficient (Wildman–Crippen LogP) is 3.71. The van der Waals surface area contributed by atoms with Gasteiger partial charge in [0.1, 0.15) is 0 Å². The van der Waals surface area contributed by atoms with E-state index >= 15 is 0 Å². The van der Waals surface area contributed by atoms with Crippen molar-refractivity contribution in [3.05, 3.63) is 71.8 Å². The molecule has 0 radical (unpaired) electrons. The summed E-state index contributed by atoms with van der Waals surface area (Å²) in [7, 11) is 0. The van der Waals surface area contributed by atoms with Gasteiger partial charge in [0.05, 0.1) is 5.71 Å². The summed E-state index contributed by atoms with van der Waals surface area (Å²) in [5.41, 5.74) is -3.38. The first-order valence-corrected chi connectivity index (χ1v) is 6.49. The van der Waals surface area contributed by atoms with E-state index in [0.29, 0.717) is 5.56 Å². The van der Waals surface area contributed by atoms with Crippen molar-refractivity contribution in [1.29, 1.82) is 0 Å². The number of hydrogen-bond acceptors (Lipinski definition) is 3. The summed E-state index contributed by atoms with van der Waals surface area (Å²) >= 11 is 0. The SMILES string of the molecule is O/N=C(/C[C@@](O)(c1ccccc1)C(F)(F)F)c1ccccc1. The molecule has 2 rings (SSSR count). The standard InChI is InChI=1S/C16H14F3NO2/c17-16(18,19)15(21,13-9-5-2-6-10-13)11-14(20-22)12-7-3-1-4-8-12/h1-10,21-22H,11H2/b20-14-/t15-/m1/s1. The van der Waals surface area contributed by atoms with Crippen molar-refractivity contribution in [3.63, 3.8) is 0 Å². The number of oxime groups is 1. The highest BCUT2D eigenvalue weighted by Gasteiger charge is 2.55. The molecule has 22 heavy (non-hydrogen) atoms. The molecule has 2 aromatic carbocycles. The lowest BCUT2D eigenvalue weighted by Gasteiger charge is -2.31. The van der Waals surface area contributed by atoms with Gasteiger partial charge in [-0.05, 0) is 11.1 Å². The van der Waals surface area contributed by atoms with E-state index in [1.807, 2.05) is 0 Å². The Balaban J connectivity index is 2.44. The summed E-state index contributed by atoms with van der Waals surface area (Å²) in [6.45, 7) is 0. The molecule has 116 valence electrons. The molecule has 0 bridgehead atoms. The highest BCUT2D eigenvalue weighted by Crippen LogP contribution is 2.42. The number of halogens is 3. The van der Waals surface area contributed by atoms with Crippen LogP contribution < -0.4 is 0 Å². The molecule has 0 aromatic heterocycles. The van der Waals surface area contributed by atoms with E-state index in [1.54, 1.807) is 24.3 Å². The van der Waals surface area contributed by atoms with E-state index in [4.69, 9.17) is 5.21 Å². The number of alkyl halides is 3. The molecule has 0 aliphatic heterocycles. The predicted molar refractivity (Wildman–Crippen MR) is 75.8 cm³/mol. The van der Waals surface area contributed by atoms with Crippen LogP contribution in [0.15, 0.2) is 65.8 Å². The van der Waals surface area contributed by atoms with Crippen LogP contribution in [0.5, 0.6) is 0 Å². The summed E-state index contributed by atoms with van der Waals surface area (Å²) in [5, 5.41) is 22.3. The molecule has 2 aromatic rings. The molecular formula is C16H14F3NO2. The number of rotatable bonds is 4. The van der Waals surface area contributed by atoms with E-state index in [9.17, 15) is 18.3 Å². The molecule has 3 nitrogen and oxygen atoms in total. The Morgan fingerprint density at radius 2 is 1.41 bits per heavy atom. The van der Waals surface area contributed by atoms with Gasteiger partial charge in [-0.3, -0.25) is 0 Å². The van der Waals surface area contributed by atoms with Crippen LogP contribution in [0.1, 0.15) is 17.5 Å². The Morgan fingerprint density at radius 1 is 0.909 bits per heavy atom. The summed E-state index contributed by atoms with van der Waals surface area (Å²) in [6.07, 6.45) is -5.81. The van der Waals surface area contributed by atoms with Gasteiger partial charge in [0.2, 0.25) is 0 Å². The monoisotopic (exact) mass is 309 g/mol. The number of benzene rings is 2. The maximum Gasteiger partial charge on any atom is 0.421 e. The van der Waals surface area contributed by atoms with Crippen molar-refractivity contribution in [2.24, 2.45) is 5.16 Å². The van der Waals surface area contributed by atoms with Gasteiger partial charge >= 0.3 is 6.18 Å². The van der Waals surface area contributed by atoms with E-state index in [1.165, 1.54) is 36.4 Å². The molecule has 0 aliphatic carbocycles. The normalized spacial score (nSPS) is 15.4. The van der Waals surface area contributed by atoms with Crippen LogP contribution in [0, 0.1) is 0 Å². The third-order valence-corrected chi connectivity index (χ3v) is 3.37. The lowest BCUT2D eigenvalue weighted by Crippen LogP contribution is -2.44. The second-order valence-corrected chi connectivity index (χ2v) is 4.81. The van der Waals surface area contributed by atoms with Crippen LogP contribution in [0.2, 0.25) is 0 Å². The van der Waals surface area contributed by atoms with Crippen LogP contribution in [-0.4, -0.2) is 22.2 Å². The Morgan fingerprint density at radius 3 is 1.86 bits per heavy atom. The summed E-state index contributed by atoms with van der Waals surface area (Å²) in [6, 6.07) is 14.7. The lowest BCUT2D eigenvalue weighted by atomic mass is 9.86. The third kappa shape index (κ3) is 3.12. The van der Waals surface area contributed by atoms with Gasteiger partial charge < -0.3 is 10.3 Å². The van der Waals surface area contributed by atoms with Crippen molar-refractivity contribution in [1.82, 2.24) is 0 Å². The number of aliphatic hydroxyl groups is 1. The summed E-state index contributed by atoms with van der Waals surface area (Å²) in [4.78, 5) is 0. The van der Waals surface area contributed by atoms with Gasteiger partial charge in [0.15, 0.2) is 5.60 Å². The zero-order chi connectivity index (χ0) is 16.2. The van der Waals surface area contributed by atoms with Crippen LogP contribution in [0.25, 0.3) is 0 Å². The van der Waals surface area contributed by atoms with E-state index < -0.39 is 18.2 Å². The van der Waals surface area contributed by atoms with Crippen LogP contribution in [-0.2, 0) is 5.60 Å². The zero-order valence-corrected chi connectivity index (χ0v) is 11.5. The highest BCUT2D eigenvalue weighted by molar-refractivity contribution is 6.00. The van der Waals surface area contributed by atoms with Crippen molar-refractivity contribution < 1.29 is 23.5 Å². The lowest BCUT2D eigenvalue weighted by molar-refractivity contribution is -0.263. The smallest absolute Gasteiger partial charge is 0.411 e. The molecule has 0 amide bonds. The Labute approximate surface area is 125 Å². The molecule has 0 spiro atoms. The van der Waals surface area contributed by atoms with Crippen molar-refractivity contribution in [3.8, 4) is 0 Å². The maximum absolute atomic E-state index is 13.4. The van der Waals surface area contributed by atoms with Crippen molar-refractivity contribution in [2.75, 3.05) is 0 Å². The third-order valence-electron chi connectivity index (χ3n) is 3.37. The highest BCUT2D eigenvalue weighted by atomic mass is 19.4. The molecule has 1 atom stereocenters. The van der Waals surface area contributed by atoms with Gasteiger partial charge in [-0.2, -0.15) is 13.2 Å². The van der Waals surface area contributed by atoms with Crippen molar-refractivity contribution in [2.45, 2.75) is 18.2 Å². The van der Waals surface area contributed by atoms with Gasteiger partial charge in [-0.1, -0.05) is 65.8 Å². The molecule has 0 saturated carbocycles. The molecular weight excluding hydrogens is 295 g/mol. The minimum atomic E-state index is -4.92. The second kappa shape index (κ2) is 6.19. The van der Waals surface area contributed by atoms with Crippen LogP contribution >= 0.6 is 0 Å². The quantitative estimate of drug-likeness (QED) is 0.514. The molecule has 0 aliphatic rings. The van der Waals surface area contributed by atoms with Crippen LogP contribution in [0.4, 0.5) is 13.2 Å². The molecule has 0 heterocycles. The Kier molecular flexibility index (Phi) is 4.51. The first kappa shape index (κ1) is 16.0. The number of nitrogens with zero attached hydrogens (tertiary/aromatic N) is 1. The second-order valence-electron chi connectivity index (χ2n) is 4.81. The fourth-order valence-electron chi connectivity index (χ4n) is 2.15. The first-order chi connectivity index (χ1) is 10.4. The summed E-state index contributed by atoms with van der Waals surface area (Å²) < 4.78 is 40.2. The summed E-state index contributed by atoms with van der Waals surface area (Å²) in [5.74, 6) is 0. The average molecular weight is 309 g/mol. The molecule has 0 fully saturated rings. The van der Waals surface area contributed by atoms with Gasteiger partial charge in [0.25, 0.3) is 0 Å². The minimum Gasteiger partial charge on any atom is -0.411 e. The van der Waals surface area contributed by atoms with E-state index in [-0.39, 0.29) is 11.3 Å². The Hall–Kier alpha value is -2.34. The molecule has 0 saturated heterocycles. The minimum absolute atomic E-state index is 0.246. The first-order valence-electron chi connectivity index (χ1n) is 6.49. The fraction of sp³-hybridized carbons (Fsp3) is 0.188. The molecule has 0 unspecified atom stereocenters. The number of hydrogen-bond donors (Lipinski definition) is 2. The topological polar surface area (TPSA) is 52.8 Å². The van der Waals surface area contributed by atoms with Crippen molar-refractivity contribution >= 4 is 5.71 Å². The van der Waals surface area contributed by atoms with Gasteiger partial charge in [-0.25, -0.2) is 0 Å². The fourth-order valence-corrected chi connectivity index (χ4v) is 2.15. The Bertz CT molecular complexity index is 641. The largest absolute Gasteiger partial charge is 0.421 e. The van der Waals surface area contributed by atoms with Gasteiger partial charge in [-0.15, -0.1) is 0 Å². The van der Waals surface area contributed by atoms with Crippen LogP contribution in [0.3, 0.4) is 0 Å². The van der Waals surface area contributed by atoms with E-state index in [0.717, 1.165) is 0 Å². The van der Waals surface area contributed by atoms with E-state index in [2.05, 4.69) is 5.16 Å². The molecule has 2 N–H and O–H groups in total. The zero-order valence-electron chi connectivity index (χ0n) is 11.5.